The molecule has 0 fully saturated rings. The molecule has 0 heterocycles. The first kappa shape index (κ1) is 17.0. The highest BCUT2D eigenvalue weighted by Crippen LogP contribution is 2.37. The molecule has 0 saturated carbocycles. The van der Waals surface area contributed by atoms with Gasteiger partial charge < -0.3 is 5.11 Å². The van der Waals surface area contributed by atoms with Crippen molar-refractivity contribution in [2.75, 3.05) is 0 Å². The molecule has 2 heteroatoms. The molecule has 2 nitrogen and oxygen atoms in total. The fraction of sp³-hybridized carbons (Fsp3) is 0.286. The first-order valence-corrected chi connectivity index (χ1v) is 7.91. The SMILES string of the molecule is C=C(CC(CC(C)(C)c1ccccc1)c1ccccc1)C(=O)O. The van der Waals surface area contributed by atoms with Gasteiger partial charge in [0.15, 0.2) is 0 Å². The minimum Gasteiger partial charge on any atom is -0.478 e. The van der Waals surface area contributed by atoms with E-state index in [0.29, 0.717) is 6.42 Å². The summed E-state index contributed by atoms with van der Waals surface area (Å²) >= 11 is 0. The van der Waals surface area contributed by atoms with E-state index in [1.54, 1.807) is 0 Å². The molecule has 0 aliphatic rings. The van der Waals surface area contributed by atoms with Gasteiger partial charge in [-0.25, -0.2) is 4.79 Å². The van der Waals surface area contributed by atoms with Gasteiger partial charge in [-0.1, -0.05) is 81.1 Å². The Morgan fingerprint density at radius 2 is 1.57 bits per heavy atom. The van der Waals surface area contributed by atoms with E-state index >= 15 is 0 Å². The van der Waals surface area contributed by atoms with Crippen molar-refractivity contribution in [3.63, 3.8) is 0 Å². The molecule has 0 saturated heterocycles. The van der Waals surface area contributed by atoms with Crippen molar-refractivity contribution in [1.29, 1.82) is 0 Å². The van der Waals surface area contributed by atoms with Gasteiger partial charge in [-0.2, -0.15) is 0 Å². The number of benzene rings is 2. The molecule has 0 spiro atoms. The minimum absolute atomic E-state index is 0.0411. The van der Waals surface area contributed by atoms with Gasteiger partial charge in [-0.05, 0) is 35.3 Å². The molecule has 2 aromatic carbocycles. The number of rotatable bonds is 7. The molecule has 0 aromatic heterocycles. The second-order valence-electron chi connectivity index (χ2n) is 6.67. The quantitative estimate of drug-likeness (QED) is 0.716. The molecule has 0 aliphatic heterocycles. The van der Waals surface area contributed by atoms with Crippen molar-refractivity contribution in [3.05, 3.63) is 83.9 Å². The second kappa shape index (κ2) is 7.28. The Labute approximate surface area is 138 Å². The van der Waals surface area contributed by atoms with Crippen LogP contribution in [0.4, 0.5) is 0 Å². The van der Waals surface area contributed by atoms with E-state index in [9.17, 15) is 9.90 Å². The van der Waals surface area contributed by atoms with Crippen molar-refractivity contribution in [2.24, 2.45) is 0 Å². The van der Waals surface area contributed by atoms with E-state index in [1.165, 1.54) is 11.1 Å². The fourth-order valence-corrected chi connectivity index (χ4v) is 3.04. The highest BCUT2D eigenvalue weighted by atomic mass is 16.4. The van der Waals surface area contributed by atoms with Gasteiger partial charge in [-0.15, -0.1) is 0 Å². The average molecular weight is 308 g/mol. The molecular formula is C21H24O2. The van der Waals surface area contributed by atoms with E-state index in [0.717, 1.165) is 6.42 Å². The van der Waals surface area contributed by atoms with Gasteiger partial charge in [0.2, 0.25) is 0 Å². The largest absolute Gasteiger partial charge is 0.478 e. The number of carboxylic acid groups (broad SMARTS) is 1. The Balaban J connectivity index is 2.27. The summed E-state index contributed by atoms with van der Waals surface area (Å²) in [6.07, 6.45) is 1.34. The number of aliphatic carboxylic acids is 1. The van der Waals surface area contributed by atoms with Crippen LogP contribution in [0.3, 0.4) is 0 Å². The molecule has 2 rings (SSSR count). The number of hydrogen-bond acceptors (Lipinski definition) is 1. The van der Waals surface area contributed by atoms with Crippen molar-refractivity contribution in [3.8, 4) is 0 Å². The molecule has 0 bridgehead atoms. The summed E-state index contributed by atoms with van der Waals surface area (Å²) in [5.74, 6) is -0.779. The predicted molar refractivity (Wildman–Crippen MR) is 94.7 cm³/mol. The zero-order valence-corrected chi connectivity index (χ0v) is 13.8. The lowest BCUT2D eigenvalue weighted by molar-refractivity contribution is -0.132. The van der Waals surface area contributed by atoms with Crippen molar-refractivity contribution >= 4 is 5.97 Å². The Morgan fingerprint density at radius 1 is 1.04 bits per heavy atom. The number of carboxylic acids is 1. The zero-order chi connectivity index (χ0) is 16.9. The summed E-state index contributed by atoms with van der Waals surface area (Å²) in [4.78, 5) is 11.2. The summed E-state index contributed by atoms with van der Waals surface area (Å²) < 4.78 is 0. The number of carbonyl (C=O) groups is 1. The first-order valence-electron chi connectivity index (χ1n) is 7.91. The lowest BCUT2D eigenvalue weighted by Crippen LogP contribution is -2.22. The summed E-state index contributed by atoms with van der Waals surface area (Å²) in [7, 11) is 0. The van der Waals surface area contributed by atoms with Gasteiger partial charge in [0.05, 0.1) is 0 Å². The number of hydrogen-bond donors (Lipinski definition) is 1. The van der Waals surface area contributed by atoms with Gasteiger partial charge in [-0.3, -0.25) is 0 Å². The molecular weight excluding hydrogens is 284 g/mol. The van der Waals surface area contributed by atoms with E-state index in [4.69, 9.17) is 0 Å². The van der Waals surface area contributed by atoms with Crippen molar-refractivity contribution < 1.29 is 9.90 Å². The topological polar surface area (TPSA) is 37.3 Å². The van der Waals surface area contributed by atoms with Crippen LogP contribution in [0.1, 0.15) is 43.7 Å². The Bertz CT molecular complexity index is 657. The maximum atomic E-state index is 11.2. The highest BCUT2D eigenvalue weighted by molar-refractivity contribution is 5.85. The van der Waals surface area contributed by atoms with Crippen LogP contribution < -0.4 is 0 Å². The third kappa shape index (κ3) is 4.56. The monoisotopic (exact) mass is 308 g/mol. The smallest absolute Gasteiger partial charge is 0.330 e. The van der Waals surface area contributed by atoms with Crippen LogP contribution in [0.2, 0.25) is 0 Å². The zero-order valence-electron chi connectivity index (χ0n) is 13.8. The third-order valence-corrected chi connectivity index (χ3v) is 4.38. The molecule has 23 heavy (non-hydrogen) atoms. The molecule has 1 N–H and O–H groups in total. The predicted octanol–water partition coefficient (Wildman–Crippen LogP) is 5.17. The summed E-state index contributed by atoms with van der Waals surface area (Å²) in [6, 6.07) is 20.5. The maximum absolute atomic E-state index is 11.2. The van der Waals surface area contributed by atoms with Gasteiger partial charge in [0, 0.05) is 5.57 Å². The molecule has 1 atom stereocenters. The van der Waals surface area contributed by atoms with E-state index < -0.39 is 5.97 Å². The fourth-order valence-electron chi connectivity index (χ4n) is 3.04. The highest BCUT2D eigenvalue weighted by Gasteiger charge is 2.27. The Morgan fingerprint density at radius 3 is 2.09 bits per heavy atom. The van der Waals surface area contributed by atoms with Crippen LogP contribution in [0.5, 0.6) is 0 Å². The summed E-state index contributed by atoms with van der Waals surface area (Å²) in [6.45, 7) is 8.14. The molecule has 1 unspecified atom stereocenters. The van der Waals surface area contributed by atoms with Crippen LogP contribution in [0.15, 0.2) is 72.8 Å². The van der Waals surface area contributed by atoms with Gasteiger partial charge >= 0.3 is 5.97 Å². The van der Waals surface area contributed by atoms with E-state index in [2.05, 4.69) is 44.7 Å². The first-order chi connectivity index (χ1) is 10.9. The van der Waals surface area contributed by atoms with Crippen LogP contribution >= 0.6 is 0 Å². The molecule has 0 amide bonds. The van der Waals surface area contributed by atoms with Crippen molar-refractivity contribution in [1.82, 2.24) is 0 Å². The third-order valence-electron chi connectivity index (χ3n) is 4.38. The van der Waals surface area contributed by atoms with Crippen LogP contribution in [-0.2, 0) is 10.2 Å². The van der Waals surface area contributed by atoms with Crippen molar-refractivity contribution in [2.45, 2.75) is 38.0 Å². The van der Waals surface area contributed by atoms with Gasteiger partial charge in [0.1, 0.15) is 0 Å². The normalized spacial score (nSPS) is 12.6. The average Bonchev–Trinajstić information content (AvgIpc) is 2.55. The molecule has 120 valence electrons. The molecule has 0 radical (unpaired) electrons. The Hall–Kier alpha value is -2.35. The summed E-state index contributed by atoms with van der Waals surface area (Å²) in [5, 5.41) is 9.19. The lowest BCUT2D eigenvalue weighted by atomic mass is 9.73. The lowest BCUT2D eigenvalue weighted by Gasteiger charge is -2.31. The molecule has 0 aliphatic carbocycles. The summed E-state index contributed by atoms with van der Waals surface area (Å²) in [5.41, 5.74) is 2.66. The van der Waals surface area contributed by atoms with Gasteiger partial charge in [0.25, 0.3) is 0 Å². The van der Waals surface area contributed by atoms with E-state index in [1.807, 2.05) is 36.4 Å². The van der Waals surface area contributed by atoms with Crippen LogP contribution in [0.25, 0.3) is 0 Å². The van der Waals surface area contributed by atoms with Crippen LogP contribution in [0, 0.1) is 0 Å². The van der Waals surface area contributed by atoms with Crippen LogP contribution in [-0.4, -0.2) is 11.1 Å². The molecule has 2 aromatic rings. The second-order valence-corrected chi connectivity index (χ2v) is 6.67. The Kier molecular flexibility index (Phi) is 5.38. The van der Waals surface area contributed by atoms with E-state index in [-0.39, 0.29) is 16.9 Å². The minimum atomic E-state index is -0.913. The standard InChI is InChI=1S/C21H24O2/c1-16(20(22)23)14-18(17-10-6-4-7-11-17)15-21(2,3)19-12-8-5-9-13-19/h4-13,18H,1,14-15H2,2-3H3,(H,22,23). The maximum Gasteiger partial charge on any atom is 0.330 e.